The molecule has 0 aliphatic carbocycles. The van der Waals surface area contributed by atoms with E-state index in [1.54, 1.807) is 0 Å². The second-order valence-electron chi connectivity index (χ2n) is 26.9. The monoisotopic (exact) mass is 1400 g/mol. The van der Waals surface area contributed by atoms with Crippen molar-refractivity contribution in [2.45, 2.75) is 396 Å². The maximum atomic E-state index is 14.1. The van der Waals surface area contributed by atoms with Gasteiger partial charge < -0.3 is 84.0 Å². The third kappa shape index (κ3) is 43.4. The third-order valence-electron chi connectivity index (χ3n) is 18.1. The second-order valence-corrected chi connectivity index (χ2v) is 28.4. The number of hydrogen-bond acceptors (Lipinski definition) is 19. The van der Waals surface area contributed by atoms with Crippen molar-refractivity contribution < 1.29 is 102 Å². The molecule has 2 heterocycles. The molecule has 95 heavy (non-hydrogen) atoms. The zero-order chi connectivity index (χ0) is 69.9. The summed E-state index contributed by atoms with van der Waals surface area (Å²) in [6, 6.07) is -3.16. The van der Waals surface area contributed by atoms with Gasteiger partial charge >= 0.3 is 19.8 Å². The van der Waals surface area contributed by atoms with Crippen molar-refractivity contribution in [3.63, 3.8) is 0 Å². The minimum atomic E-state index is -5.51. The molecule has 0 spiro atoms. The van der Waals surface area contributed by atoms with Crippen molar-refractivity contribution in [3.8, 4) is 0 Å². The van der Waals surface area contributed by atoms with Crippen molar-refractivity contribution >= 4 is 41.0 Å². The summed E-state index contributed by atoms with van der Waals surface area (Å²) < 4.78 is 59.9. The summed E-state index contributed by atoms with van der Waals surface area (Å²) >= 11 is 0. The molecule has 0 aromatic rings. The van der Waals surface area contributed by atoms with Gasteiger partial charge in [-0.1, -0.05) is 259 Å². The highest BCUT2D eigenvalue weighted by Crippen LogP contribution is 2.43. The molecule has 2 rings (SSSR count). The van der Waals surface area contributed by atoms with Crippen LogP contribution in [0.1, 0.15) is 310 Å². The number of amides is 2. The van der Waals surface area contributed by atoms with Gasteiger partial charge in [0, 0.05) is 9.47 Å². The quantitative estimate of drug-likeness (QED) is 0.0154. The number of carbonyl (C=O) groups excluding carboxylic acids is 4. The minimum absolute atomic E-state index is 0.0101. The van der Waals surface area contributed by atoms with Gasteiger partial charge in [-0.2, -0.15) is 0 Å². The topological polar surface area (TPSA) is 345 Å². The average Bonchev–Trinajstić information content (AvgIpc) is 0.793. The van der Waals surface area contributed by atoms with Gasteiger partial charge in [0.15, 0.2) is 24.8 Å². The highest BCUT2D eigenvalue weighted by Gasteiger charge is 2.54. The van der Waals surface area contributed by atoms with Gasteiger partial charge in [0.25, 0.3) is 0 Å². The van der Waals surface area contributed by atoms with Crippen LogP contribution in [0.4, 0.5) is 0 Å². The SMILES string of the molecule is CCCCCCCCCCC[C@@H](O)CC(=O)N[C@@H]1[C@H](OC[C@H]2O[C@H](OCCOP)[C@@H](NC(=O)C[C@H](O)CCCCCCCCCCC)[C@@H](OC(=O)C[C@H](O)CCCCCCCCCCC)[C@@H]2O)O[C@H](CO)[C@@H](OP(=O)(O)O)[C@@H]1OC(=O)C[C@H](O)CCCCCCCCCCC. The fourth-order valence-electron chi connectivity index (χ4n) is 12.5. The molecule has 0 aromatic carbocycles. The van der Waals surface area contributed by atoms with Crippen molar-refractivity contribution in [3.05, 3.63) is 0 Å². The zero-order valence-electron chi connectivity index (χ0n) is 58.9. The Morgan fingerprint density at radius 2 is 0.758 bits per heavy atom. The number of phosphoric ester groups is 1. The molecule has 2 aliphatic rings. The lowest BCUT2D eigenvalue weighted by molar-refractivity contribution is -0.304. The van der Waals surface area contributed by atoms with Gasteiger partial charge in [-0.05, 0) is 25.7 Å². The van der Waals surface area contributed by atoms with E-state index < -0.39 is 150 Å². The molecule has 2 aliphatic heterocycles. The maximum Gasteiger partial charge on any atom is 0.470 e. The number of ether oxygens (including phenoxy) is 6. The fraction of sp³-hybridized carbons (Fsp3) is 0.943. The number of nitrogens with one attached hydrogen (secondary N) is 2. The molecule has 0 radical (unpaired) electrons. The van der Waals surface area contributed by atoms with E-state index in [-0.39, 0.29) is 32.5 Å². The Bertz CT molecular complexity index is 1960. The molecule has 0 aromatic heterocycles. The summed E-state index contributed by atoms with van der Waals surface area (Å²) in [6.07, 6.45) is 18.4. The Labute approximate surface area is 573 Å². The Kier molecular flexibility index (Phi) is 53.1. The molecule has 15 atom stereocenters. The number of aliphatic hydroxyl groups is 6. The Morgan fingerprint density at radius 3 is 1.11 bits per heavy atom. The van der Waals surface area contributed by atoms with Crippen LogP contribution in [0, 0.1) is 0 Å². The van der Waals surface area contributed by atoms with E-state index in [0.29, 0.717) is 38.5 Å². The Balaban J connectivity index is 2.53. The average molecular weight is 1400 g/mol. The molecular weight excluding hydrogens is 1270 g/mol. The summed E-state index contributed by atoms with van der Waals surface area (Å²) in [5.41, 5.74) is 0. The van der Waals surface area contributed by atoms with Crippen LogP contribution < -0.4 is 10.6 Å². The van der Waals surface area contributed by atoms with Gasteiger partial charge in [0.2, 0.25) is 11.8 Å². The van der Waals surface area contributed by atoms with Gasteiger partial charge in [-0.15, -0.1) is 0 Å². The number of rotatable bonds is 62. The minimum Gasteiger partial charge on any atom is -0.457 e. The summed E-state index contributed by atoms with van der Waals surface area (Å²) in [7, 11) is -3.42. The van der Waals surface area contributed by atoms with Crippen LogP contribution in [0.3, 0.4) is 0 Å². The van der Waals surface area contributed by atoms with E-state index in [1.807, 2.05) is 0 Å². The Morgan fingerprint density at radius 1 is 0.442 bits per heavy atom. The van der Waals surface area contributed by atoms with E-state index in [0.717, 1.165) is 128 Å². The molecule has 1 unspecified atom stereocenters. The van der Waals surface area contributed by atoms with E-state index in [1.165, 1.54) is 77.0 Å². The number of hydrogen-bond donors (Lipinski definition) is 10. The first-order chi connectivity index (χ1) is 45.8. The lowest BCUT2D eigenvalue weighted by Crippen LogP contribution is -2.68. The molecule has 2 saturated heterocycles. The molecule has 560 valence electrons. The lowest BCUT2D eigenvalue weighted by atomic mass is 9.95. The molecule has 2 amide bonds. The molecule has 25 heteroatoms. The molecule has 0 bridgehead atoms. The fourth-order valence-corrected chi connectivity index (χ4v) is 13.2. The van der Waals surface area contributed by atoms with Crippen LogP contribution in [0.25, 0.3) is 0 Å². The van der Waals surface area contributed by atoms with Crippen LogP contribution >= 0.6 is 17.3 Å². The third-order valence-corrected chi connectivity index (χ3v) is 18.8. The number of esters is 2. The van der Waals surface area contributed by atoms with Crippen LogP contribution in [0.2, 0.25) is 0 Å². The van der Waals surface area contributed by atoms with Crippen LogP contribution in [-0.2, 0) is 61.2 Å². The maximum absolute atomic E-state index is 14.1. The molecular formula is C70H134N2O21P2. The molecule has 23 nitrogen and oxygen atoms in total. The number of unbranched alkanes of at least 4 members (excludes halogenated alkanes) is 32. The van der Waals surface area contributed by atoms with Gasteiger partial charge in [-0.3, -0.25) is 23.7 Å². The summed E-state index contributed by atoms with van der Waals surface area (Å²) in [6.45, 7) is 6.78. The molecule has 0 saturated carbocycles. The summed E-state index contributed by atoms with van der Waals surface area (Å²) in [4.78, 5) is 76.4. The zero-order valence-corrected chi connectivity index (χ0v) is 61.0. The number of carbonyl (C=O) groups is 4. The van der Waals surface area contributed by atoms with Gasteiger partial charge in [-0.25, -0.2) is 4.57 Å². The first-order valence-electron chi connectivity index (χ1n) is 37.4. The first kappa shape index (κ1) is 89.1. The van der Waals surface area contributed by atoms with E-state index >= 15 is 0 Å². The largest absolute Gasteiger partial charge is 0.470 e. The lowest BCUT2D eigenvalue weighted by Gasteiger charge is -2.47. The number of aliphatic hydroxyl groups excluding tert-OH is 6. The van der Waals surface area contributed by atoms with E-state index in [4.69, 9.17) is 37.5 Å². The van der Waals surface area contributed by atoms with Crippen LogP contribution in [0.5, 0.6) is 0 Å². The summed E-state index contributed by atoms with van der Waals surface area (Å²) in [5, 5.41) is 73.0. The number of phosphoric acid groups is 1. The second kappa shape index (κ2) is 56.6. The van der Waals surface area contributed by atoms with Crippen LogP contribution in [-0.4, -0.2) is 176 Å². The van der Waals surface area contributed by atoms with Crippen LogP contribution in [0.15, 0.2) is 0 Å². The Hall–Kier alpha value is -2.02. The van der Waals surface area contributed by atoms with Crippen molar-refractivity contribution in [1.29, 1.82) is 0 Å². The van der Waals surface area contributed by atoms with Crippen molar-refractivity contribution in [1.82, 2.24) is 10.6 Å². The predicted molar refractivity (Wildman–Crippen MR) is 368 cm³/mol. The molecule has 2 fully saturated rings. The highest BCUT2D eigenvalue weighted by molar-refractivity contribution is 7.46. The van der Waals surface area contributed by atoms with Gasteiger partial charge in [0.05, 0.1) is 76.5 Å². The first-order valence-corrected chi connectivity index (χ1v) is 39.4. The summed E-state index contributed by atoms with van der Waals surface area (Å²) in [5.74, 6) is -3.45. The highest BCUT2D eigenvalue weighted by atomic mass is 31.2. The van der Waals surface area contributed by atoms with E-state index in [2.05, 4.69) is 47.8 Å². The van der Waals surface area contributed by atoms with Gasteiger partial charge in [0.1, 0.15) is 36.5 Å². The van der Waals surface area contributed by atoms with E-state index in [9.17, 15) is 64.2 Å². The predicted octanol–water partition coefficient (Wildman–Crippen LogP) is 11.6. The molecule has 10 N–H and O–H groups in total. The van der Waals surface area contributed by atoms with Crippen molar-refractivity contribution in [2.75, 3.05) is 26.4 Å². The van der Waals surface area contributed by atoms with Crippen molar-refractivity contribution in [2.24, 2.45) is 0 Å². The normalized spacial score (nSPS) is 22.8. The smallest absolute Gasteiger partial charge is 0.457 e. The standard InChI is InChI=1S/C70H134N2O21P2/c1-5-9-13-17-21-25-29-33-37-41-53(74)47-59(78)71-63-67(91-61(80)49-55(76)43-39-35-31-27-23-19-15-11-7-3)65(82)58(90-69(63)86-45-46-88-94)52-87-70-64(72-60(79)48-54(75)42-38-34-30-26-22-18-14-10-6-2)68(66(57(51-73)89-70)93-95(83,84)85)92-62(81)50-56(77)44-40-36-32-28-24-20-16-12-8-4/h53-58,63-70,73-77,82H,5-52,94H2,1-4H3,(H,71,78)(H,72,79)(H2,83,84,85)/t53-,54-,55-,56-,57-,58-,63+,64+,65-,66-,67-,68-,69+,70-/m1/s1.